The minimum atomic E-state index is 0.597. The minimum Gasteiger partial charge on any atom is -0.376 e. The smallest absolute Gasteiger partial charge is 0.0719 e. The first-order chi connectivity index (χ1) is 6.92. The van der Waals surface area contributed by atoms with E-state index in [-0.39, 0.29) is 0 Å². The Bertz CT molecular complexity index is 344. The van der Waals surface area contributed by atoms with Crippen LogP contribution in [0.2, 0.25) is 0 Å². The van der Waals surface area contributed by atoms with Crippen LogP contribution in [0, 0.1) is 0 Å². The SMILES string of the molecule is NC/C=C/c1cccc2c1CCOC2. The Kier molecular flexibility index (Phi) is 2.96. The third kappa shape index (κ3) is 1.86. The van der Waals surface area contributed by atoms with E-state index in [9.17, 15) is 0 Å². The third-order valence-electron chi connectivity index (χ3n) is 2.50. The topological polar surface area (TPSA) is 35.2 Å². The number of fused-ring (bicyclic) bond motifs is 1. The summed E-state index contributed by atoms with van der Waals surface area (Å²) in [5.41, 5.74) is 9.46. The third-order valence-corrected chi connectivity index (χ3v) is 2.50. The van der Waals surface area contributed by atoms with E-state index in [2.05, 4.69) is 24.3 Å². The van der Waals surface area contributed by atoms with E-state index in [0.29, 0.717) is 6.54 Å². The highest BCUT2D eigenvalue weighted by Crippen LogP contribution is 2.21. The molecule has 0 unspecified atom stereocenters. The number of benzene rings is 1. The van der Waals surface area contributed by atoms with Gasteiger partial charge in [-0.05, 0) is 23.1 Å². The van der Waals surface area contributed by atoms with Gasteiger partial charge in [0.15, 0.2) is 0 Å². The summed E-state index contributed by atoms with van der Waals surface area (Å²) >= 11 is 0. The lowest BCUT2D eigenvalue weighted by atomic mass is 9.97. The molecule has 1 aliphatic heterocycles. The summed E-state index contributed by atoms with van der Waals surface area (Å²) in [7, 11) is 0. The zero-order valence-corrected chi connectivity index (χ0v) is 8.20. The molecule has 1 aromatic carbocycles. The number of rotatable bonds is 2. The highest BCUT2D eigenvalue weighted by Gasteiger charge is 2.10. The highest BCUT2D eigenvalue weighted by molar-refractivity contribution is 5.56. The number of nitrogens with two attached hydrogens (primary N) is 1. The van der Waals surface area contributed by atoms with Crippen molar-refractivity contribution in [2.75, 3.05) is 13.2 Å². The first kappa shape index (κ1) is 9.44. The zero-order valence-electron chi connectivity index (χ0n) is 8.20. The molecule has 0 amide bonds. The van der Waals surface area contributed by atoms with Gasteiger partial charge in [-0.1, -0.05) is 30.4 Å². The molecule has 2 N–H and O–H groups in total. The van der Waals surface area contributed by atoms with Gasteiger partial charge in [-0.25, -0.2) is 0 Å². The maximum absolute atomic E-state index is 5.44. The van der Waals surface area contributed by atoms with E-state index >= 15 is 0 Å². The number of hydrogen-bond acceptors (Lipinski definition) is 2. The van der Waals surface area contributed by atoms with Crippen molar-refractivity contribution in [3.8, 4) is 0 Å². The minimum absolute atomic E-state index is 0.597. The molecular formula is C12H15NO. The van der Waals surface area contributed by atoms with Crippen molar-refractivity contribution in [3.05, 3.63) is 41.0 Å². The summed E-state index contributed by atoms with van der Waals surface area (Å²) < 4.78 is 5.41. The average Bonchev–Trinajstić information content (AvgIpc) is 2.26. The quantitative estimate of drug-likeness (QED) is 0.769. The lowest BCUT2D eigenvalue weighted by Crippen LogP contribution is -2.11. The molecule has 74 valence electrons. The van der Waals surface area contributed by atoms with Gasteiger partial charge in [0.25, 0.3) is 0 Å². The molecule has 1 aromatic rings. The van der Waals surface area contributed by atoms with Crippen LogP contribution >= 0.6 is 0 Å². The van der Waals surface area contributed by atoms with Crippen molar-refractivity contribution in [2.45, 2.75) is 13.0 Å². The monoisotopic (exact) mass is 189 g/mol. The summed E-state index contributed by atoms with van der Waals surface area (Å²) in [6.07, 6.45) is 5.11. The van der Waals surface area contributed by atoms with Crippen LogP contribution in [-0.4, -0.2) is 13.2 Å². The van der Waals surface area contributed by atoms with E-state index in [1.165, 1.54) is 16.7 Å². The summed E-state index contributed by atoms with van der Waals surface area (Å²) in [5, 5.41) is 0. The van der Waals surface area contributed by atoms with Crippen molar-refractivity contribution in [2.24, 2.45) is 5.73 Å². The molecule has 0 saturated carbocycles. The molecule has 0 saturated heterocycles. The van der Waals surface area contributed by atoms with Gasteiger partial charge in [0.2, 0.25) is 0 Å². The van der Waals surface area contributed by atoms with E-state index < -0.39 is 0 Å². The lowest BCUT2D eigenvalue weighted by molar-refractivity contribution is 0.110. The molecule has 1 aliphatic rings. The fourth-order valence-corrected chi connectivity index (χ4v) is 1.80. The van der Waals surface area contributed by atoms with Crippen molar-refractivity contribution in [1.29, 1.82) is 0 Å². The Morgan fingerprint density at radius 3 is 3.21 bits per heavy atom. The fraction of sp³-hybridized carbons (Fsp3) is 0.333. The molecule has 2 rings (SSSR count). The molecule has 14 heavy (non-hydrogen) atoms. The Hall–Kier alpha value is -1.12. The van der Waals surface area contributed by atoms with Crippen molar-refractivity contribution < 1.29 is 4.74 Å². The Labute approximate surface area is 84.4 Å². The second-order valence-corrected chi connectivity index (χ2v) is 3.43. The molecule has 0 fully saturated rings. The fourth-order valence-electron chi connectivity index (χ4n) is 1.80. The molecule has 0 aromatic heterocycles. The molecule has 0 aliphatic carbocycles. The normalized spacial score (nSPS) is 15.8. The largest absolute Gasteiger partial charge is 0.376 e. The van der Waals surface area contributed by atoms with Crippen LogP contribution in [0.4, 0.5) is 0 Å². The predicted octanol–water partition coefficient (Wildman–Crippen LogP) is 1.73. The molecule has 2 heteroatoms. The Morgan fingerprint density at radius 1 is 1.43 bits per heavy atom. The maximum Gasteiger partial charge on any atom is 0.0719 e. The molecule has 0 bridgehead atoms. The van der Waals surface area contributed by atoms with Gasteiger partial charge < -0.3 is 10.5 Å². The van der Waals surface area contributed by atoms with Crippen LogP contribution in [0.15, 0.2) is 24.3 Å². The van der Waals surface area contributed by atoms with E-state index in [4.69, 9.17) is 10.5 Å². The number of hydrogen-bond donors (Lipinski definition) is 1. The first-order valence-corrected chi connectivity index (χ1v) is 4.97. The zero-order chi connectivity index (χ0) is 9.80. The van der Waals surface area contributed by atoms with Gasteiger partial charge in [-0.2, -0.15) is 0 Å². The summed E-state index contributed by atoms with van der Waals surface area (Å²) in [6, 6.07) is 6.34. The molecular weight excluding hydrogens is 174 g/mol. The second kappa shape index (κ2) is 4.40. The lowest BCUT2D eigenvalue weighted by Gasteiger charge is -2.18. The van der Waals surface area contributed by atoms with Gasteiger partial charge >= 0.3 is 0 Å². The number of ether oxygens (including phenoxy) is 1. The summed E-state index contributed by atoms with van der Waals surface area (Å²) in [4.78, 5) is 0. The second-order valence-electron chi connectivity index (χ2n) is 3.43. The van der Waals surface area contributed by atoms with E-state index in [0.717, 1.165) is 19.6 Å². The van der Waals surface area contributed by atoms with Crippen LogP contribution in [-0.2, 0) is 17.8 Å². The van der Waals surface area contributed by atoms with Crippen LogP contribution < -0.4 is 5.73 Å². The summed E-state index contributed by atoms with van der Waals surface area (Å²) in [6.45, 7) is 2.18. The van der Waals surface area contributed by atoms with E-state index in [1.54, 1.807) is 0 Å². The van der Waals surface area contributed by atoms with Crippen molar-refractivity contribution in [1.82, 2.24) is 0 Å². The molecule has 0 atom stereocenters. The standard InChI is InChI=1S/C12H15NO/c13-7-2-5-10-3-1-4-11-9-14-8-6-12(10)11/h1-5H,6-9,13H2/b5-2+. The van der Waals surface area contributed by atoms with Gasteiger partial charge in [-0.3, -0.25) is 0 Å². The first-order valence-electron chi connectivity index (χ1n) is 4.97. The maximum atomic E-state index is 5.44. The van der Waals surface area contributed by atoms with Crippen molar-refractivity contribution >= 4 is 6.08 Å². The van der Waals surface area contributed by atoms with Gasteiger partial charge in [0.1, 0.15) is 0 Å². The molecule has 2 nitrogen and oxygen atoms in total. The van der Waals surface area contributed by atoms with Gasteiger partial charge in [0, 0.05) is 6.54 Å². The molecule has 0 spiro atoms. The Balaban J connectivity index is 2.35. The highest BCUT2D eigenvalue weighted by atomic mass is 16.5. The van der Waals surface area contributed by atoms with Gasteiger partial charge in [0.05, 0.1) is 13.2 Å². The molecule has 1 heterocycles. The van der Waals surface area contributed by atoms with Gasteiger partial charge in [-0.15, -0.1) is 0 Å². The van der Waals surface area contributed by atoms with Crippen LogP contribution in [0.5, 0.6) is 0 Å². The van der Waals surface area contributed by atoms with Crippen LogP contribution in [0.1, 0.15) is 16.7 Å². The molecule has 0 radical (unpaired) electrons. The van der Waals surface area contributed by atoms with Crippen molar-refractivity contribution in [3.63, 3.8) is 0 Å². The Morgan fingerprint density at radius 2 is 2.36 bits per heavy atom. The summed E-state index contributed by atoms with van der Waals surface area (Å²) in [5.74, 6) is 0. The van der Waals surface area contributed by atoms with Crippen LogP contribution in [0.25, 0.3) is 6.08 Å². The van der Waals surface area contributed by atoms with Crippen LogP contribution in [0.3, 0.4) is 0 Å². The predicted molar refractivity (Wildman–Crippen MR) is 57.9 cm³/mol. The average molecular weight is 189 g/mol. The van der Waals surface area contributed by atoms with E-state index in [1.807, 2.05) is 6.08 Å².